The molecule has 8 heteroatoms. The Morgan fingerprint density at radius 2 is 1.80 bits per heavy atom. The molecule has 7 nitrogen and oxygen atoms in total. The van der Waals surface area contributed by atoms with E-state index in [1.165, 1.54) is 0 Å². The van der Waals surface area contributed by atoms with Crippen LogP contribution in [0.25, 0.3) is 0 Å². The highest BCUT2D eigenvalue weighted by Crippen LogP contribution is 2.26. The molecule has 82 valence electrons. The minimum Gasteiger partial charge on any atom is -0.478 e. The highest BCUT2D eigenvalue weighted by atomic mass is 32.2. The van der Waals surface area contributed by atoms with Crippen molar-refractivity contribution in [2.24, 2.45) is 0 Å². The summed E-state index contributed by atoms with van der Waals surface area (Å²) in [4.78, 5) is 9.95. The van der Waals surface area contributed by atoms with Crippen molar-refractivity contribution in [3.8, 4) is 0 Å². The van der Waals surface area contributed by atoms with E-state index in [1.54, 1.807) is 0 Å². The van der Waals surface area contributed by atoms with Crippen molar-refractivity contribution in [3.63, 3.8) is 0 Å². The van der Waals surface area contributed by atoms with Gasteiger partial charge in [0.05, 0.1) is 11.4 Å². The smallest absolute Gasteiger partial charge is 0.339 e. The predicted molar refractivity (Wildman–Crippen MR) is 52.0 cm³/mol. The number of hydrogen-bond donors (Lipinski definition) is 4. The standard InChI is InChI=1S/C7H8N2O5S/c8-3-1-2-4(15(12,13)14)5(6(3)9)7(10)11/h1-2H,8-9H2,(H,10,11)(H,12,13,14). The van der Waals surface area contributed by atoms with Crippen LogP contribution in [0.15, 0.2) is 17.0 Å². The van der Waals surface area contributed by atoms with Crippen molar-refractivity contribution in [1.82, 2.24) is 0 Å². The van der Waals surface area contributed by atoms with Crippen LogP contribution in [-0.4, -0.2) is 24.0 Å². The molecule has 0 aliphatic rings. The lowest BCUT2D eigenvalue weighted by Crippen LogP contribution is -2.12. The Balaban J connectivity index is 3.70. The van der Waals surface area contributed by atoms with Crippen LogP contribution in [0.4, 0.5) is 11.4 Å². The highest BCUT2D eigenvalue weighted by Gasteiger charge is 2.23. The van der Waals surface area contributed by atoms with Crippen molar-refractivity contribution < 1.29 is 22.9 Å². The molecule has 1 rings (SSSR count). The van der Waals surface area contributed by atoms with E-state index in [-0.39, 0.29) is 5.69 Å². The van der Waals surface area contributed by atoms with Gasteiger partial charge in [0.25, 0.3) is 10.1 Å². The third-order valence-corrected chi connectivity index (χ3v) is 2.63. The van der Waals surface area contributed by atoms with E-state index < -0.39 is 32.2 Å². The Morgan fingerprint density at radius 3 is 2.20 bits per heavy atom. The zero-order chi connectivity index (χ0) is 11.8. The second kappa shape index (κ2) is 3.41. The number of carbonyl (C=O) groups is 1. The van der Waals surface area contributed by atoms with Crippen LogP contribution in [0.5, 0.6) is 0 Å². The fourth-order valence-electron chi connectivity index (χ4n) is 1.05. The van der Waals surface area contributed by atoms with Gasteiger partial charge in [-0.25, -0.2) is 4.79 Å². The van der Waals surface area contributed by atoms with Gasteiger partial charge in [0.2, 0.25) is 0 Å². The third-order valence-electron chi connectivity index (χ3n) is 1.73. The fourth-order valence-corrected chi connectivity index (χ4v) is 1.75. The van der Waals surface area contributed by atoms with Crippen LogP contribution in [0, 0.1) is 0 Å². The number of carboxylic acid groups (broad SMARTS) is 1. The maximum Gasteiger partial charge on any atom is 0.339 e. The minimum absolute atomic E-state index is 0.0696. The summed E-state index contributed by atoms with van der Waals surface area (Å²) in [6, 6.07) is 1.98. The van der Waals surface area contributed by atoms with Gasteiger partial charge in [-0.3, -0.25) is 4.55 Å². The second-order valence-corrected chi connectivity index (χ2v) is 4.11. The molecule has 0 aromatic heterocycles. The van der Waals surface area contributed by atoms with Crippen LogP contribution in [0.3, 0.4) is 0 Å². The molecule has 0 heterocycles. The summed E-state index contributed by atoms with van der Waals surface area (Å²) in [7, 11) is -4.63. The van der Waals surface area contributed by atoms with Gasteiger partial charge < -0.3 is 16.6 Å². The summed E-state index contributed by atoms with van der Waals surface area (Å²) in [6.45, 7) is 0. The third kappa shape index (κ3) is 2.00. The molecule has 0 fully saturated rings. The van der Waals surface area contributed by atoms with Crippen molar-refractivity contribution in [2.45, 2.75) is 4.90 Å². The summed E-state index contributed by atoms with van der Waals surface area (Å²) in [5.41, 5.74) is 9.42. The average Bonchev–Trinajstić information content (AvgIpc) is 2.06. The monoisotopic (exact) mass is 232 g/mol. The molecule has 1 aromatic rings. The lowest BCUT2D eigenvalue weighted by molar-refractivity contribution is 0.0693. The first-order chi connectivity index (χ1) is 6.75. The van der Waals surface area contributed by atoms with E-state index in [9.17, 15) is 13.2 Å². The number of nitrogens with two attached hydrogens (primary N) is 2. The zero-order valence-electron chi connectivity index (χ0n) is 7.34. The molecule has 6 N–H and O–H groups in total. The molecular formula is C7H8N2O5S. The molecule has 0 aliphatic heterocycles. The van der Waals surface area contributed by atoms with Gasteiger partial charge in [0.1, 0.15) is 10.5 Å². The van der Waals surface area contributed by atoms with Crippen molar-refractivity contribution in [1.29, 1.82) is 0 Å². The Labute approximate surface area is 85.1 Å². The van der Waals surface area contributed by atoms with Crippen LogP contribution < -0.4 is 11.5 Å². The lowest BCUT2D eigenvalue weighted by Gasteiger charge is -2.08. The van der Waals surface area contributed by atoms with Gasteiger partial charge in [0, 0.05) is 0 Å². The van der Waals surface area contributed by atoms with E-state index >= 15 is 0 Å². The van der Waals surface area contributed by atoms with Gasteiger partial charge in [-0.1, -0.05) is 0 Å². The maximum absolute atomic E-state index is 10.8. The molecule has 0 aliphatic carbocycles. The first-order valence-corrected chi connectivity index (χ1v) is 5.08. The summed E-state index contributed by atoms with van der Waals surface area (Å²) in [5.74, 6) is -1.58. The van der Waals surface area contributed by atoms with Crippen LogP contribution in [0.2, 0.25) is 0 Å². The number of anilines is 2. The fraction of sp³-hybridized carbons (Fsp3) is 0. The van der Waals surface area contributed by atoms with E-state index in [2.05, 4.69) is 0 Å². The average molecular weight is 232 g/mol. The molecule has 1 aromatic carbocycles. The Kier molecular flexibility index (Phi) is 2.56. The number of aromatic carboxylic acids is 1. The summed E-state index contributed by atoms with van der Waals surface area (Å²) in [6.07, 6.45) is 0. The number of carboxylic acids is 1. The molecule has 0 unspecified atom stereocenters. The molecule has 0 saturated carbocycles. The van der Waals surface area contributed by atoms with E-state index in [0.717, 1.165) is 12.1 Å². The first-order valence-electron chi connectivity index (χ1n) is 3.64. The van der Waals surface area contributed by atoms with Gasteiger partial charge in [-0.05, 0) is 12.1 Å². The quantitative estimate of drug-likeness (QED) is 0.408. The highest BCUT2D eigenvalue weighted by molar-refractivity contribution is 7.86. The van der Waals surface area contributed by atoms with Gasteiger partial charge in [-0.15, -0.1) is 0 Å². The Hall–Kier alpha value is -1.80. The van der Waals surface area contributed by atoms with Gasteiger partial charge >= 0.3 is 5.97 Å². The Bertz CT molecular complexity index is 522. The Morgan fingerprint density at radius 1 is 1.27 bits per heavy atom. The lowest BCUT2D eigenvalue weighted by atomic mass is 10.1. The first kappa shape index (κ1) is 11.3. The van der Waals surface area contributed by atoms with Gasteiger partial charge in [0.15, 0.2) is 0 Å². The normalized spacial score (nSPS) is 11.3. The van der Waals surface area contributed by atoms with Gasteiger partial charge in [-0.2, -0.15) is 8.42 Å². The molecule has 0 bridgehead atoms. The number of nitrogen functional groups attached to an aromatic ring is 2. The zero-order valence-corrected chi connectivity index (χ0v) is 8.15. The summed E-state index contributed by atoms with van der Waals surface area (Å²) < 4.78 is 30.4. The van der Waals surface area contributed by atoms with Crippen molar-refractivity contribution in [3.05, 3.63) is 17.7 Å². The number of rotatable bonds is 2. The van der Waals surface area contributed by atoms with E-state index in [0.29, 0.717) is 0 Å². The number of benzene rings is 1. The van der Waals surface area contributed by atoms with Crippen LogP contribution in [0.1, 0.15) is 10.4 Å². The number of hydrogen-bond acceptors (Lipinski definition) is 5. The predicted octanol–water partition coefficient (Wildman–Crippen LogP) is -0.204. The summed E-state index contributed by atoms with van der Waals surface area (Å²) >= 11 is 0. The van der Waals surface area contributed by atoms with E-state index in [4.69, 9.17) is 21.1 Å². The minimum atomic E-state index is -4.63. The molecule has 0 spiro atoms. The molecule has 0 saturated heterocycles. The van der Waals surface area contributed by atoms with Crippen molar-refractivity contribution in [2.75, 3.05) is 11.5 Å². The maximum atomic E-state index is 10.8. The molecular weight excluding hydrogens is 224 g/mol. The largest absolute Gasteiger partial charge is 0.478 e. The summed E-state index contributed by atoms with van der Waals surface area (Å²) in [5, 5.41) is 8.72. The van der Waals surface area contributed by atoms with Crippen LogP contribution in [-0.2, 0) is 10.1 Å². The van der Waals surface area contributed by atoms with Crippen LogP contribution >= 0.6 is 0 Å². The van der Waals surface area contributed by atoms with Crippen molar-refractivity contribution >= 4 is 27.5 Å². The van der Waals surface area contributed by atoms with E-state index in [1.807, 2.05) is 0 Å². The molecule has 0 radical (unpaired) electrons. The SMILES string of the molecule is Nc1ccc(S(=O)(=O)O)c(C(=O)O)c1N. The molecule has 15 heavy (non-hydrogen) atoms. The molecule has 0 atom stereocenters. The topological polar surface area (TPSA) is 144 Å². The second-order valence-electron chi connectivity index (χ2n) is 2.72. The molecule has 0 amide bonds.